The third kappa shape index (κ3) is 4.10. The van der Waals surface area contributed by atoms with Crippen LogP contribution in [0.25, 0.3) is 0 Å². The fraction of sp³-hybridized carbons (Fsp3) is 0.421. The molecular weight excluding hydrogens is 300 g/mol. The van der Waals surface area contributed by atoms with E-state index in [4.69, 9.17) is 0 Å². The van der Waals surface area contributed by atoms with Crippen LogP contribution in [0, 0.1) is 0 Å². The van der Waals surface area contributed by atoms with E-state index in [0.29, 0.717) is 11.6 Å². The molecule has 0 saturated carbocycles. The number of benzene rings is 1. The van der Waals surface area contributed by atoms with E-state index in [1.807, 2.05) is 24.3 Å². The Morgan fingerprint density at radius 1 is 1.08 bits per heavy atom. The number of nitrogens with one attached hydrogen (secondary N) is 1. The van der Waals surface area contributed by atoms with Crippen LogP contribution < -0.4 is 10.2 Å². The predicted octanol–water partition coefficient (Wildman–Crippen LogP) is 3.67. The Kier molecular flexibility index (Phi) is 5.41. The first-order valence-electron chi connectivity index (χ1n) is 8.74. The average molecular weight is 324 g/mol. The van der Waals surface area contributed by atoms with Crippen LogP contribution in [-0.4, -0.2) is 29.0 Å². The highest BCUT2D eigenvalue weighted by Gasteiger charge is 2.15. The molecule has 0 atom stereocenters. The first-order chi connectivity index (χ1) is 11.8. The maximum absolute atomic E-state index is 12.5. The quantitative estimate of drug-likeness (QED) is 0.932. The van der Waals surface area contributed by atoms with Crippen molar-refractivity contribution < 1.29 is 4.79 Å². The molecule has 126 valence electrons. The zero-order chi connectivity index (χ0) is 16.8. The molecule has 0 bridgehead atoms. The molecule has 1 aromatic carbocycles. The van der Waals surface area contributed by atoms with Gasteiger partial charge in [0.1, 0.15) is 5.69 Å². The molecule has 0 spiro atoms. The highest BCUT2D eigenvalue weighted by Crippen LogP contribution is 2.16. The first kappa shape index (κ1) is 16.4. The highest BCUT2D eigenvalue weighted by molar-refractivity contribution is 6.02. The van der Waals surface area contributed by atoms with Gasteiger partial charge in [0.15, 0.2) is 0 Å². The smallest absolute Gasteiger partial charge is 0.274 e. The molecule has 2 aromatic rings. The Morgan fingerprint density at radius 3 is 2.46 bits per heavy atom. The topological polar surface area (TPSA) is 58.1 Å². The summed E-state index contributed by atoms with van der Waals surface area (Å²) in [7, 11) is 0. The second kappa shape index (κ2) is 7.90. The molecule has 1 aliphatic heterocycles. The molecule has 0 aliphatic carbocycles. The number of rotatable bonds is 4. The molecule has 5 nitrogen and oxygen atoms in total. The van der Waals surface area contributed by atoms with Gasteiger partial charge in [0.05, 0.1) is 0 Å². The monoisotopic (exact) mass is 324 g/mol. The zero-order valence-corrected chi connectivity index (χ0v) is 14.2. The van der Waals surface area contributed by atoms with E-state index in [0.717, 1.165) is 38.0 Å². The van der Waals surface area contributed by atoms with Crippen LogP contribution in [-0.2, 0) is 6.42 Å². The number of aryl methyl sites for hydroxylation is 1. The summed E-state index contributed by atoms with van der Waals surface area (Å²) in [6.07, 6.45) is 7.48. The van der Waals surface area contributed by atoms with E-state index >= 15 is 0 Å². The van der Waals surface area contributed by atoms with E-state index in [2.05, 4.69) is 27.1 Å². The molecule has 2 heterocycles. The lowest BCUT2D eigenvalue weighted by Crippen LogP contribution is -2.27. The predicted molar refractivity (Wildman–Crippen MR) is 96.5 cm³/mol. The molecule has 1 saturated heterocycles. The molecule has 1 amide bonds. The normalized spacial score (nSPS) is 15.0. The van der Waals surface area contributed by atoms with Crippen molar-refractivity contribution in [2.75, 3.05) is 23.3 Å². The van der Waals surface area contributed by atoms with E-state index in [9.17, 15) is 4.79 Å². The lowest BCUT2D eigenvalue weighted by molar-refractivity contribution is 0.102. The molecule has 1 aliphatic rings. The van der Waals surface area contributed by atoms with Crippen molar-refractivity contribution in [3.8, 4) is 0 Å². The number of amides is 1. The van der Waals surface area contributed by atoms with Crippen LogP contribution >= 0.6 is 0 Å². The number of carbonyl (C=O) groups is 1. The Balaban J connectivity index is 1.71. The summed E-state index contributed by atoms with van der Waals surface area (Å²) in [6, 6.07) is 9.56. The van der Waals surface area contributed by atoms with Crippen LogP contribution in [0.5, 0.6) is 0 Å². The van der Waals surface area contributed by atoms with Crippen molar-refractivity contribution in [1.82, 2.24) is 9.97 Å². The Morgan fingerprint density at radius 2 is 1.79 bits per heavy atom. The van der Waals surface area contributed by atoms with Gasteiger partial charge in [-0.2, -0.15) is 0 Å². The Labute approximate surface area is 143 Å². The van der Waals surface area contributed by atoms with Crippen LogP contribution in [0.15, 0.2) is 36.5 Å². The minimum atomic E-state index is -0.197. The van der Waals surface area contributed by atoms with Gasteiger partial charge in [0.25, 0.3) is 5.91 Å². The van der Waals surface area contributed by atoms with E-state index in [-0.39, 0.29) is 5.91 Å². The Hall–Kier alpha value is -2.43. The molecule has 0 unspecified atom stereocenters. The largest absolute Gasteiger partial charge is 0.341 e. The minimum absolute atomic E-state index is 0.197. The third-order valence-corrected chi connectivity index (χ3v) is 4.38. The number of nitrogens with zero attached hydrogens (tertiary/aromatic N) is 3. The summed E-state index contributed by atoms with van der Waals surface area (Å²) < 4.78 is 0. The molecule has 0 radical (unpaired) electrons. The number of carbonyl (C=O) groups excluding carboxylic acids is 1. The summed E-state index contributed by atoms with van der Waals surface area (Å²) in [4.78, 5) is 23.5. The molecule has 1 aromatic heterocycles. The molecule has 1 fully saturated rings. The lowest BCUT2D eigenvalue weighted by Gasteiger charge is -2.20. The van der Waals surface area contributed by atoms with Crippen molar-refractivity contribution in [3.63, 3.8) is 0 Å². The summed E-state index contributed by atoms with van der Waals surface area (Å²) >= 11 is 0. The van der Waals surface area contributed by atoms with E-state index in [1.54, 1.807) is 12.3 Å². The van der Waals surface area contributed by atoms with Gasteiger partial charge >= 0.3 is 0 Å². The maximum atomic E-state index is 12.5. The average Bonchev–Trinajstić information content (AvgIpc) is 2.92. The second-order valence-electron chi connectivity index (χ2n) is 6.15. The summed E-state index contributed by atoms with van der Waals surface area (Å²) in [6.45, 7) is 4.03. The summed E-state index contributed by atoms with van der Waals surface area (Å²) in [5.41, 5.74) is 2.44. The van der Waals surface area contributed by atoms with Crippen LogP contribution in [0.3, 0.4) is 0 Å². The fourth-order valence-corrected chi connectivity index (χ4v) is 2.92. The van der Waals surface area contributed by atoms with Gasteiger partial charge in [0, 0.05) is 25.0 Å². The van der Waals surface area contributed by atoms with Gasteiger partial charge in [-0.3, -0.25) is 4.79 Å². The minimum Gasteiger partial charge on any atom is -0.341 e. The fourth-order valence-electron chi connectivity index (χ4n) is 2.92. The van der Waals surface area contributed by atoms with Gasteiger partial charge in [-0.05, 0) is 43.0 Å². The van der Waals surface area contributed by atoms with Gasteiger partial charge in [-0.25, -0.2) is 9.97 Å². The van der Waals surface area contributed by atoms with Crippen LogP contribution in [0.1, 0.15) is 48.7 Å². The van der Waals surface area contributed by atoms with Crippen molar-refractivity contribution in [2.24, 2.45) is 0 Å². The number of anilines is 2. The summed E-state index contributed by atoms with van der Waals surface area (Å²) in [5, 5.41) is 2.90. The molecule has 1 N–H and O–H groups in total. The molecule has 24 heavy (non-hydrogen) atoms. The third-order valence-electron chi connectivity index (χ3n) is 4.38. The molecule has 3 rings (SSSR count). The summed E-state index contributed by atoms with van der Waals surface area (Å²) in [5.74, 6) is 0.462. The van der Waals surface area contributed by atoms with Crippen molar-refractivity contribution in [3.05, 3.63) is 47.8 Å². The molecule has 5 heteroatoms. The molecular formula is C19H24N4O. The van der Waals surface area contributed by atoms with Crippen LogP contribution in [0.4, 0.5) is 11.6 Å². The van der Waals surface area contributed by atoms with Gasteiger partial charge < -0.3 is 10.2 Å². The SMILES string of the molecule is CCc1ccc(NC(=O)c2ccnc(N3CCCCCC3)n2)cc1. The van der Waals surface area contributed by atoms with Gasteiger partial charge in [0.2, 0.25) is 5.95 Å². The highest BCUT2D eigenvalue weighted by atomic mass is 16.1. The van der Waals surface area contributed by atoms with Gasteiger partial charge in [-0.15, -0.1) is 0 Å². The maximum Gasteiger partial charge on any atom is 0.274 e. The van der Waals surface area contributed by atoms with Gasteiger partial charge in [-0.1, -0.05) is 31.9 Å². The standard InChI is InChI=1S/C19H24N4O/c1-2-15-7-9-16(10-8-15)21-18(24)17-11-12-20-19(22-17)23-13-5-3-4-6-14-23/h7-12H,2-6,13-14H2,1H3,(H,21,24). The van der Waals surface area contributed by atoms with Crippen LogP contribution in [0.2, 0.25) is 0 Å². The number of hydrogen-bond acceptors (Lipinski definition) is 4. The van der Waals surface area contributed by atoms with Crippen molar-refractivity contribution in [1.29, 1.82) is 0 Å². The van der Waals surface area contributed by atoms with E-state index in [1.165, 1.54) is 18.4 Å². The lowest BCUT2D eigenvalue weighted by atomic mass is 10.1. The first-order valence-corrected chi connectivity index (χ1v) is 8.74. The number of aromatic nitrogens is 2. The number of hydrogen-bond donors (Lipinski definition) is 1. The Bertz CT molecular complexity index is 676. The second-order valence-corrected chi connectivity index (χ2v) is 6.15. The van der Waals surface area contributed by atoms with E-state index < -0.39 is 0 Å². The van der Waals surface area contributed by atoms with Crippen molar-refractivity contribution >= 4 is 17.5 Å². The zero-order valence-electron chi connectivity index (χ0n) is 14.2. The van der Waals surface area contributed by atoms with Crippen molar-refractivity contribution in [2.45, 2.75) is 39.0 Å².